The zero-order valence-electron chi connectivity index (χ0n) is 16.1. The lowest BCUT2D eigenvalue weighted by atomic mass is 9.98. The molecule has 0 spiro atoms. The molecule has 1 amide bonds. The van der Waals surface area contributed by atoms with E-state index in [1.807, 2.05) is 49.4 Å². The summed E-state index contributed by atoms with van der Waals surface area (Å²) in [5.41, 5.74) is 1.83. The summed E-state index contributed by atoms with van der Waals surface area (Å²) >= 11 is 0. The molecule has 2 unspecified atom stereocenters. The van der Waals surface area contributed by atoms with Gasteiger partial charge < -0.3 is 14.8 Å². The lowest BCUT2D eigenvalue weighted by Crippen LogP contribution is -2.20. The molecule has 2 aromatic rings. The highest BCUT2D eigenvalue weighted by Crippen LogP contribution is 2.28. The van der Waals surface area contributed by atoms with Gasteiger partial charge in [-0.25, -0.2) is 0 Å². The number of para-hydroxylation sites is 1. The second kappa shape index (κ2) is 9.85. The molecule has 0 aliphatic carbocycles. The van der Waals surface area contributed by atoms with Crippen molar-refractivity contribution in [1.82, 2.24) is 0 Å². The number of ether oxygens (including phenoxy) is 2. The molecule has 26 heavy (non-hydrogen) atoms. The number of rotatable bonds is 9. The first-order chi connectivity index (χ1) is 12.5. The van der Waals surface area contributed by atoms with Crippen molar-refractivity contribution in [2.24, 2.45) is 0 Å². The van der Waals surface area contributed by atoms with Crippen molar-refractivity contribution in [3.8, 4) is 11.5 Å². The maximum absolute atomic E-state index is 12.2. The van der Waals surface area contributed by atoms with Gasteiger partial charge in [-0.15, -0.1) is 0 Å². The number of anilines is 1. The Morgan fingerprint density at radius 1 is 1.04 bits per heavy atom. The third-order valence-electron chi connectivity index (χ3n) is 4.45. The van der Waals surface area contributed by atoms with Crippen LogP contribution in [0.3, 0.4) is 0 Å². The van der Waals surface area contributed by atoms with E-state index in [4.69, 9.17) is 9.47 Å². The summed E-state index contributed by atoms with van der Waals surface area (Å²) in [5, 5.41) is 2.86. The maximum atomic E-state index is 12.2. The number of hydrogen-bond donors (Lipinski definition) is 1. The van der Waals surface area contributed by atoms with Gasteiger partial charge in [-0.1, -0.05) is 45.0 Å². The van der Waals surface area contributed by atoms with Crippen LogP contribution in [0, 0.1) is 0 Å². The van der Waals surface area contributed by atoms with Gasteiger partial charge in [0, 0.05) is 11.8 Å². The molecule has 0 bridgehead atoms. The topological polar surface area (TPSA) is 47.6 Å². The molecule has 0 saturated heterocycles. The molecule has 0 radical (unpaired) electrons. The first-order valence-corrected chi connectivity index (χ1v) is 9.31. The van der Waals surface area contributed by atoms with Gasteiger partial charge in [0.25, 0.3) is 5.91 Å². The van der Waals surface area contributed by atoms with Crippen molar-refractivity contribution in [2.75, 3.05) is 11.9 Å². The van der Waals surface area contributed by atoms with E-state index in [0.29, 0.717) is 11.6 Å². The van der Waals surface area contributed by atoms with Crippen LogP contribution in [0.25, 0.3) is 0 Å². The molecule has 0 aliphatic heterocycles. The Bertz CT molecular complexity index is 714. The third-order valence-corrected chi connectivity index (χ3v) is 4.45. The molecule has 0 fully saturated rings. The molecule has 4 nitrogen and oxygen atoms in total. The molecule has 2 atom stereocenters. The monoisotopic (exact) mass is 355 g/mol. The summed E-state index contributed by atoms with van der Waals surface area (Å²) in [5.74, 6) is 1.72. The smallest absolute Gasteiger partial charge is 0.262 e. The molecule has 0 aromatic heterocycles. The summed E-state index contributed by atoms with van der Waals surface area (Å²) in [6.07, 6.45) is 2.09. The summed E-state index contributed by atoms with van der Waals surface area (Å²) in [4.78, 5) is 12.2. The lowest BCUT2D eigenvalue weighted by molar-refractivity contribution is -0.118. The Morgan fingerprint density at radius 3 is 2.54 bits per heavy atom. The Balaban J connectivity index is 1.95. The highest BCUT2D eigenvalue weighted by atomic mass is 16.5. The molecular formula is C22H29NO3. The molecule has 140 valence electrons. The molecule has 0 heterocycles. The van der Waals surface area contributed by atoms with Gasteiger partial charge in [0.2, 0.25) is 0 Å². The highest BCUT2D eigenvalue weighted by Gasteiger charge is 2.11. The van der Waals surface area contributed by atoms with E-state index in [-0.39, 0.29) is 18.6 Å². The fourth-order valence-corrected chi connectivity index (χ4v) is 2.54. The maximum Gasteiger partial charge on any atom is 0.262 e. The van der Waals surface area contributed by atoms with Crippen LogP contribution < -0.4 is 14.8 Å². The summed E-state index contributed by atoms with van der Waals surface area (Å²) in [7, 11) is 0. The number of hydrogen-bond acceptors (Lipinski definition) is 3. The number of carbonyl (C=O) groups is 1. The summed E-state index contributed by atoms with van der Waals surface area (Å²) in [6.45, 7) is 8.37. The fourth-order valence-electron chi connectivity index (χ4n) is 2.54. The normalized spacial score (nSPS) is 12.9. The molecule has 4 heteroatoms. The van der Waals surface area contributed by atoms with Crippen LogP contribution in [-0.2, 0) is 4.79 Å². The van der Waals surface area contributed by atoms with E-state index in [1.165, 1.54) is 0 Å². The fraction of sp³-hybridized carbons (Fsp3) is 0.409. The van der Waals surface area contributed by atoms with Gasteiger partial charge in [-0.05, 0) is 49.4 Å². The lowest BCUT2D eigenvalue weighted by Gasteiger charge is -2.16. The van der Waals surface area contributed by atoms with Crippen LogP contribution in [0.4, 0.5) is 5.69 Å². The average Bonchev–Trinajstić information content (AvgIpc) is 2.66. The van der Waals surface area contributed by atoms with Crippen LogP contribution in [0.1, 0.15) is 52.0 Å². The second-order valence-electron chi connectivity index (χ2n) is 6.55. The molecule has 0 saturated carbocycles. The van der Waals surface area contributed by atoms with Gasteiger partial charge in [0.15, 0.2) is 6.61 Å². The van der Waals surface area contributed by atoms with Crippen LogP contribution in [0.2, 0.25) is 0 Å². The van der Waals surface area contributed by atoms with Crippen molar-refractivity contribution >= 4 is 11.6 Å². The summed E-state index contributed by atoms with van der Waals surface area (Å²) in [6, 6.07) is 15.3. The van der Waals surface area contributed by atoms with Crippen LogP contribution in [0.5, 0.6) is 11.5 Å². The van der Waals surface area contributed by atoms with Crippen molar-refractivity contribution < 1.29 is 14.3 Å². The highest BCUT2D eigenvalue weighted by molar-refractivity contribution is 5.92. The molecule has 2 aromatic carbocycles. The van der Waals surface area contributed by atoms with Gasteiger partial charge in [-0.2, -0.15) is 0 Å². The standard InChI is InChI=1S/C22H29NO3/c1-5-16(3)20-12-7-8-13-21(20)25-15-22(24)23-18-10-9-11-19(14-18)26-17(4)6-2/h7-14,16-17H,5-6,15H2,1-4H3,(H,23,24). The summed E-state index contributed by atoms with van der Waals surface area (Å²) < 4.78 is 11.5. The van der Waals surface area contributed by atoms with Crippen LogP contribution >= 0.6 is 0 Å². The van der Waals surface area contributed by atoms with Crippen molar-refractivity contribution in [3.63, 3.8) is 0 Å². The van der Waals surface area contributed by atoms with E-state index >= 15 is 0 Å². The Hall–Kier alpha value is -2.49. The molecule has 2 rings (SSSR count). The third kappa shape index (κ3) is 5.80. The zero-order chi connectivity index (χ0) is 18.9. The van der Waals surface area contributed by atoms with Gasteiger partial charge >= 0.3 is 0 Å². The van der Waals surface area contributed by atoms with Gasteiger partial charge in [0.1, 0.15) is 11.5 Å². The first kappa shape index (κ1) is 19.8. The minimum absolute atomic E-state index is 0.0239. The van der Waals surface area contributed by atoms with E-state index in [0.717, 1.165) is 29.9 Å². The van der Waals surface area contributed by atoms with Crippen molar-refractivity contribution in [1.29, 1.82) is 0 Å². The SMILES string of the molecule is CCC(C)Oc1cccc(NC(=O)COc2ccccc2C(C)CC)c1. The van der Waals surface area contributed by atoms with Crippen molar-refractivity contribution in [2.45, 2.75) is 52.6 Å². The van der Waals surface area contributed by atoms with E-state index in [9.17, 15) is 4.79 Å². The number of amides is 1. The molecular weight excluding hydrogens is 326 g/mol. The largest absolute Gasteiger partial charge is 0.491 e. The number of nitrogens with one attached hydrogen (secondary N) is 1. The van der Waals surface area contributed by atoms with E-state index < -0.39 is 0 Å². The van der Waals surface area contributed by atoms with Crippen molar-refractivity contribution in [3.05, 3.63) is 54.1 Å². The predicted molar refractivity (Wildman–Crippen MR) is 106 cm³/mol. The Kier molecular flexibility index (Phi) is 7.52. The first-order valence-electron chi connectivity index (χ1n) is 9.31. The predicted octanol–water partition coefficient (Wildman–Crippen LogP) is 5.39. The van der Waals surface area contributed by atoms with Gasteiger partial charge in [0.05, 0.1) is 6.10 Å². The zero-order valence-corrected chi connectivity index (χ0v) is 16.1. The second-order valence-corrected chi connectivity index (χ2v) is 6.55. The van der Waals surface area contributed by atoms with E-state index in [2.05, 4.69) is 32.2 Å². The van der Waals surface area contributed by atoms with Crippen LogP contribution in [0.15, 0.2) is 48.5 Å². The minimum atomic E-state index is -0.190. The quantitative estimate of drug-likeness (QED) is 0.655. The molecule has 1 N–H and O–H groups in total. The van der Waals surface area contributed by atoms with E-state index in [1.54, 1.807) is 0 Å². The average molecular weight is 355 g/mol. The Labute approximate surface area is 156 Å². The Morgan fingerprint density at radius 2 is 1.81 bits per heavy atom. The minimum Gasteiger partial charge on any atom is -0.491 e. The van der Waals surface area contributed by atoms with Gasteiger partial charge in [-0.3, -0.25) is 4.79 Å². The molecule has 0 aliphatic rings. The number of carbonyl (C=O) groups excluding carboxylic acids is 1. The number of benzene rings is 2. The van der Waals surface area contributed by atoms with Crippen LogP contribution in [-0.4, -0.2) is 18.6 Å².